The van der Waals surface area contributed by atoms with Gasteiger partial charge in [-0.25, -0.2) is 4.39 Å². The lowest BCUT2D eigenvalue weighted by atomic mass is 10.0. The average Bonchev–Trinajstić information content (AvgIpc) is 2.81. The van der Waals surface area contributed by atoms with Gasteiger partial charge in [-0.05, 0) is 57.1 Å². The van der Waals surface area contributed by atoms with Crippen LogP contribution in [0.15, 0.2) is 24.3 Å². The number of rotatable bonds is 3. The number of ketones is 1. The Kier molecular flexibility index (Phi) is 3.34. The smallest absolute Gasteiger partial charge is 0.179 e. The Balaban J connectivity index is 2.08. The molecule has 0 bridgehead atoms. The van der Waals surface area contributed by atoms with Crippen molar-refractivity contribution in [3.8, 4) is 0 Å². The molecule has 2 rings (SSSR count). The van der Waals surface area contributed by atoms with Gasteiger partial charge < -0.3 is 0 Å². The third kappa shape index (κ3) is 2.30. The molecule has 0 aromatic heterocycles. The lowest BCUT2D eigenvalue weighted by Gasteiger charge is -2.22. The normalized spacial score (nSPS) is 18.6. The van der Waals surface area contributed by atoms with Crippen molar-refractivity contribution in [1.82, 2.24) is 4.90 Å². The largest absolute Gasteiger partial charge is 0.294 e. The number of carbonyl (C=O) groups is 1. The molecule has 1 atom stereocenters. The summed E-state index contributed by atoms with van der Waals surface area (Å²) in [6, 6.07) is 5.70. The van der Waals surface area contributed by atoms with Crippen LogP contribution >= 0.6 is 0 Å². The maximum atomic E-state index is 12.7. The Bertz CT molecular complexity index is 368. The molecular formula is C13H16FNO. The third-order valence-corrected chi connectivity index (χ3v) is 3.20. The fraction of sp³-hybridized carbons (Fsp3) is 0.462. The van der Waals surface area contributed by atoms with E-state index in [1.807, 2.05) is 6.92 Å². The van der Waals surface area contributed by atoms with E-state index in [1.165, 1.54) is 25.0 Å². The maximum absolute atomic E-state index is 12.7. The van der Waals surface area contributed by atoms with Crippen LogP contribution in [0.2, 0.25) is 0 Å². The van der Waals surface area contributed by atoms with Crippen molar-refractivity contribution < 1.29 is 9.18 Å². The number of carbonyl (C=O) groups excluding carboxylic acids is 1. The van der Waals surface area contributed by atoms with Crippen molar-refractivity contribution in [2.75, 3.05) is 13.1 Å². The first-order valence-corrected chi connectivity index (χ1v) is 5.72. The van der Waals surface area contributed by atoms with Crippen LogP contribution in [0.5, 0.6) is 0 Å². The van der Waals surface area contributed by atoms with Crippen LogP contribution in [-0.2, 0) is 0 Å². The molecule has 1 fully saturated rings. The molecule has 0 amide bonds. The van der Waals surface area contributed by atoms with E-state index in [9.17, 15) is 9.18 Å². The minimum Gasteiger partial charge on any atom is -0.294 e. The lowest BCUT2D eigenvalue weighted by molar-refractivity contribution is 0.0867. The SMILES string of the molecule is CC(C(=O)c1ccc(F)cc1)N1CCCC1. The molecule has 16 heavy (non-hydrogen) atoms. The molecule has 1 aliphatic rings. The van der Waals surface area contributed by atoms with E-state index in [4.69, 9.17) is 0 Å². The number of likely N-dealkylation sites (tertiary alicyclic amines) is 1. The predicted octanol–water partition coefficient (Wildman–Crippen LogP) is 2.49. The molecule has 1 unspecified atom stereocenters. The first-order valence-electron chi connectivity index (χ1n) is 5.72. The molecule has 86 valence electrons. The summed E-state index contributed by atoms with van der Waals surface area (Å²) in [4.78, 5) is 14.3. The topological polar surface area (TPSA) is 20.3 Å². The van der Waals surface area contributed by atoms with Crippen LogP contribution in [0.25, 0.3) is 0 Å². The molecule has 1 heterocycles. The van der Waals surface area contributed by atoms with E-state index in [2.05, 4.69) is 4.90 Å². The number of benzene rings is 1. The lowest BCUT2D eigenvalue weighted by Crippen LogP contribution is -2.36. The van der Waals surface area contributed by atoms with Gasteiger partial charge in [-0.15, -0.1) is 0 Å². The van der Waals surface area contributed by atoms with Crippen molar-refractivity contribution in [2.24, 2.45) is 0 Å². The molecule has 0 aliphatic carbocycles. The van der Waals surface area contributed by atoms with Gasteiger partial charge in [-0.1, -0.05) is 0 Å². The summed E-state index contributed by atoms with van der Waals surface area (Å²) in [7, 11) is 0. The van der Waals surface area contributed by atoms with Crippen LogP contribution < -0.4 is 0 Å². The van der Waals surface area contributed by atoms with Crippen molar-refractivity contribution in [2.45, 2.75) is 25.8 Å². The molecule has 2 nitrogen and oxygen atoms in total. The van der Waals surface area contributed by atoms with Crippen molar-refractivity contribution in [3.05, 3.63) is 35.6 Å². The zero-order valence-corrected chi connectivity index (χ0v) is 9.45. The molecule has 1 aliphatic heterocycles. The van der Waals surface area contributed by atoms with Crippen LogP contribution in [0, 0.1) is 5.82 Å². The van der Waals surface area contributed by atoms with Crippen LogP contribution in [0.1, 0.15) is 30.1 Å². The zero-order valence-electron chi connectivity index (χ0n) is 9.45. The van der Waals surface area contributed by atoms with E-state index < -0.39 is 0 Å². The highest BCUT2D eigenvalue weighted by atomic mass is 19.1. The number of nitrogens with zero attached hydrogens (tertiary/aromatic N) is 1. The standard InChI is InChI=1S/C13H16FNO/c1-10(15-8-2-3-9-15)13(16)11-4-6-12(14)7-5-11/h4-7,10H,2-3,8-9H2,1H3. The number of halogens is 1. The van der Waals surface area contributed by atoms with Crippen LogP contribution in [0.4, 0.5) is 4.39 Å². The average molecular weight is 221 g/mol. The summed E-state index contributed by atoms with van der Waals surface area (Å²) in [5, 5.41) is 0. The Morgan fingerprint density at radius 1 is 1.25 bits per heavy atom. The Morgan fingerprint density at radius 3 is 2.38 bits per heavy atom. The summed E-state index contributed by atoms with van der Waals surface area (Å²) in [6.07, 6.45) is 2.34. The van der Waals surface area contributed by atoms with Gasteiger partial charge in [0.25, 0.3) is 0 Å². The molecule has 1 aromatic carbocycles. The first-order chi connectivity index (χ1) is 7.68. The minimum absolute atomic E-state index is 0.0851. The molecule has 3 heteroatoms. The van der Waals surface area contributed by atoms with E-state index in [0.29, 0.717) is 5.56 Å². The van der Waals surface area contributed by atoms with Crippen molar-refractivity contribution in [3.63, 3.8) is 0 Å². The van der Waals surface area contributed by atoms with Crippen LogP contribution in [0.3, 0.4) is 0 Å². The summed E-state index contributed by atoms with van der Waals surface area (Å²) < 4.78 is 12.7. The summed E-state index contributed by atoms with van der Waals surface area (Å²) >= 11 is 0. The molecule has 0 saturated carbocycles. The highest BCUT2D eigenvalue weighted by molar-refractivity contribution is 5.99. The molecule has 0 spiro atoms. The molecule has 0 radical (unpaired) electrons. The summed E-state index contributed by atoms with van der Waals surface area (Å²) in [5.41, 5.74) is 0.598. The van der Waals surface area contributed by atoms with Crippen LogP contribution in [-0.4, -0.2) is 29.8 Å². The Labute approximate surface area is 95.1 Å². The predicted molar refractivity (Wildman–Crippen MR) is 61.0 cm³/mol. The van der Waals surface area contributed by atoms with Crippen molar-refractivity contribution >= 4 is 5.78 Å². The molecular weight excluding hydrogens is 205 g/mol. The van der Waals surface area contributed by atoms with E-state index in [-0.39, 0.29) is 17.6 Å². The number of hydrogen-bond donors (Lipinski definition) is 0. The zero-order chi connectivity index (χ0) is 11.5. The highest BCUT2D eigenvalue weighted by Crippen LogP contribution is 2.15. The van der Waals surface area contributed by atoms with E-state index in [0.717, 1.165) is 13.1 Å². The molecule has 1 saturated heterocycles. The monoisotopic (exact) mass is 221 g/mol. The maximum Gasteiger partial charge on any atom is 0.179 e. The highest BCUT2D eigenvalue weighted by Gasteiger charge is 2.24. The first kappa shape index (κ1) is 11.3. The quantitative estimate of drug-likeness (QED) is 0.731. The minimum atomic E-state index is -0.301. The van der Waals surface area contributed by atoms with Gasteiger partial charge in [0, 0.05) is 5.56 Å². The third-order valence-electron chi connectivity index (χ3n) is 3.20. The second-order valence-corrected chi connectivity index (χ2v) is 4.29. The Morgan fingerprint density at radius 2 is 1.81 bits per heavy atom. The van der Waals surface area contributed by atoms with Gasteiger partial charge >= 0.3 is 0 Å². The van der Waals surface area contributed by atoms with Gasteiger partial charge in [-0.3, -0.25) is 9.69 Å². The summed E-state index contributed by atoms with van der Waals surface area (Å²) in [6.45, 7) is 3.92. The van der Waals surface area contributed by atoms with Gasteiger partial charge in [0.05, 0.1) is 6.04 Å². The molecule has 1 aromatic rings. The fourth-order valence-corrected chi connectivity index (χ4v) is 2.15. The van der Waals surface area contributed by atoms with E-state index >= 15 is 0 Å². The molecule has 0 N–H and O–H groups in total. The summed E-state index contributed by atoms with van der Waals surface area (Å²) in [5.74, 6) is -0.215. The van der Waals surface area contributed by atoms with Gasteiger partial charge in [0.1, 0.15) is 5.82 Å². The van der Waals surface area contributed by atoms with Gasteiger partial charge in [0.2, 0.25) is 0 Å². The number of Topliss-reactive ketones (excluding diaryl/α,β-unsaturated/α-hetero) is 1. The van der Waals surface area contributed by atoms with Gasteiger partial charge in [0.15, 0.2) is 5.78 Å². The second-order valence-electron chi connectivity index (χ2n) is 4.29. The van der Waals surface area contributed by atoms with Gasteiger partial charge in [-0.2, -0.15) is 0 Å². The van der Waals surface area contributed by atoms with E-state index in [1.54, 1.807) is 12.1 Å². The fourth-order valence-electron chi connectivity index (χ4n) is 2.15. The Hall–Kier alpha value is -1.22. The number of hydrogen-bond acceptors (Lipinski definition) is 2. The second kappa shape index (κ2) is 4.74. The van der Waals surface area contributed by atoms with Crippen molar-refractivity contribution in [1.29, 1.82) is 0 Å².